The normalized spacial score (nSPS) is 9.42. The molecular formula is C8H9NO3. The lowest BCUT2D eigenvalue weighted by Gasteiger charge is -1.99. The van der Waals surface area contributed by atoms with Gasteiger partial charge in [-0.15, -0.1) is 10.1 Å². The largest absolute Gasteiger partial charge is 0.309 e. The molecule has 0 saturated carbocycles. The zero-order chi connectivity index (χ0) is 8.97. The number of benzene rings is 1. The number of nitrogens with zero attached hydrogens (tertiary/aromatic N) is 1. The van der Waals surface area contributed by atoms with Gasteiger partial charge in [0.15, 0.2) is 0 Å². The maximum atomic E-state index is 9.84. The lowest BCUT2D eigenvalue weighted by Crippen LogP contribution is -2.00. The van der Waals surface area contributed by atoms with E-state index >= 15 is 0 Å². The van der Waals surface area contributed by atoms with E-state index in [-0.39, 0.29) is 6.61 Å². The van der Waals surface area contributed by atoms with Crippen LogP contribution in [0.2, 0.25) is 0 Å². The van der Waals surface area contributed by atoms with Gasteiger partial charge in [-0.1, -0.05) is 29.8 Å². The third-order valence-corrected chi connectivity index (χ3v) is 1.42. The fourth-order valence-corrected chi connectivity index (χ4v) is 0.929. The van der Waals surface area contributed by atoms with Gasteiger partial charge in [-0.3, -0.25) is 0 Å². The molecule has 0 amide bonds. The van der Waals surface area contributed by atoms with E-state index in [0.717, 1.165) is 11.1 Å². The monoisotopic (exact) mass is 167 g/mol. The van der Waals surface area contributed by atoms with Crippen molar-refractivity contribution in [3.63, 3.8) is 0 Å². The first-order chi connectivity index (χ1) is 5.68. The van der Waals surface area contributed by atoms with Crippen LogP contribution in [-0.2, 0) is 11.4 Å². The van der Waals surface area contributed by atoms with Gasteiger partial charge in [0.1, 0.15) is 6.61 Å². The van der Waals surface area contributed by atoms with Gasteiger partial charge in [0.25, 0.3) is 5.09 Å². The van der Waals surface area contributed by atoms with E-state index < -0.39 is 5.09 Å². The zero-order valence-electron chi connectivity index (χ0n) is 6.69. The molecule has 1 aromatic carbocycles. The summed E-state index contributed by atoms with van der Waals surface area (Å²) < 4.78 is 0. The lowest BCUT2D eigenvalue weighted by atomic mass is 10.1. The molecule has 0 atom stereocenters. The minimum Gasteiger partial charge on any atom is -0.309 e. The quantitative estimate of drug-likeness (QED) is 0.508. The summed E-state index contributed by atoms with van der Waals surface area (Å²) in [5, 5.41) is 9.05. The Kier molecular flexibility index (Phi) is 2.63. The summed E-state index contributed by atoms with van der Waals surface area (Å²) in [6, 6.07) is 7.41. The minimum atomic E-state index is -0.789. The highest BCUT2D eigenvalue weighted by Crippen LogP contribution is 2.04. The predicted octanol–water partition coefficient (Wildman–Crippen LogP) is 1.70. The molecule has 0 aromatic heterocycles. The standard InChI is InChI=1S/C8H9NO3/c1-7-3-2-4-8(5-7)6-12-9(10)11/h2-5H,6H2,1H3. The van der Waals surface area contributed by atoms with E-state index in [2.05, 4.69) is 4.84 Å². The van der Waals surface area contributed by atoms with Crippen molar-refractivity contribution in [1.29, 1.82) is 0 Å². The van der Waals surface area contributed by atoms with Crippen LogP contribution < -0.4 is 0 Å². The number of rotatable bonds is 3. The molecule has 0 heterocycles. The van der Waals surface area contributed by atoms with Crippen molar-refractivity contribution < 1.29 is 9.92 Å². The van der Waals surface area contributed by atoms with Gasteiger partial charge in [0.05, 0.1) is 0 Å². The highest BCUT2D eigenvalue weighted by atomic mass is 16.9. The molecule has 0 radical (unpaired) electrons. The number of hydrogen-bond donors (Lipinski definition) is 0. The van der Waals surface area contributed by atoms with Gasteiger partial charge >= 0.3 is 0 Å². The molecule has 0 bridgehead atoms. The van der Waals surface area contributed by atoms with Crippen LogP contribution in [-0.4, -0.2) is 5.09 Å². The average Bonchev–Trinajstić information content (AvgIpc) is 2.01. The van der Waals surface area contributed by atoms with Crippen LogP contribution >= 0.6 is 0 Å². The molecule has 64 valence electrons. The molecule has 4 heteroatoms. The molecule has 1 aromatic rings. The van der Waals surface area contributed by atoms with E-state index in [1.165, 1.54) is 0 Å². The Morgan fingerprint density at radius 1 is 1.58 bits per heavy atom. The first-order valence-corrected chi connectivity index (χ1v) is 3.51. The first kappa shape index (κ1) is 8.52. The fraction of sp³-hybridized carbons (Fsp3) is 0.250. The van der Waals surface area contributed by atoms with Crippen LogP contribution in [0.25, 0.3) is 0 Å². The van der Waals surface area contributed by atoms with Crippen molar-refractivity contribution in [2.45, 2.75) is 13.5 Å². The second-order valence-corrected chi connectivity index (χ2v) is 2.49. The van der Waals surface area contributed by atoms with Gasteiger partial charge in [-0.25, -0.2) is 0 Å². The highest BCUT2D eigenvalue weighted by molar-refractivity contribution is 5.21. The second-order valence-electron chi connectivity index (χ2n) is 2.49. The topological polar surface area (TPSA) is 52.4 Å². The molecule has 1 rings (SSSR count). The van der Waals surface area contributed by atoms with Crippen LogP contribution in [0.15, 0.2) is 24.3 Å². The SMILES string of the molecule is Cc1cccc(CO[N+](=O)[O-])c1. The van der Waals surface area contributed by atoms with Crippen molar-refractivity contribution in [2.75, 3.05) is 0 Å². The van der Waals surface area contributed by atoms with E-state index in [1.54, 1.807) is 6.07 Å². The maximum absolute atomic E-state index is 9.84. The van der Waals surface area contributed by atoms with Crippen molar-refractivity contribution in [3.05, 3.63) is 45.5 Å². The summed E-state index contributed by atoms with van der Waals surface area (Å²) in [6.07, 6.45) is 0. The summed E-state index contributed by atoms with van der Waals surface area (Å²) in [5.41, 5.74) is 1.88. The van der Waals surface area contributed by atoms with Crippen LogP contribution in [0, 0.1) is 17.0 Å². The molecule has 0 saturated heterocycles. The number of hydrogen-bond acceptors (Lipinski definition) is 3. The predicted molar refractivity (Wildman–Crippen MR) is 43.0 cm³/mol. The summed E-state index contributed by atoms with van der Waals surface area (Å²) in [4.78, 5) is 14.0. The summed E-state index contributed by atoms with van der Waals surface area (Å²) in [5.74, 6) is 0. The summed E-state index contributed by atoms with van der Waals surface area (Å²) in [6.45, 7) is 1.95. The van der Waals surface area contributed by atoms with Gasteiger partial charge in [-0.2, -0.15) is 0 Å². The van der Waals surface area contributed by atoms with Crippen molar-refractivity contribution in [1.82, 2.24) is 0 Å². The average molecular weight is 167 g/mol. The molecule has 0 unspecified atom stereocenters. The first-order valence-electron chi connectivity index (χ1n) is 3.51. The Morgan fingerprint density at radius 3 is 2.92 bits per heavy atom. The van der Waals surface area contributed by atoms with Crippen LogP contribution in [0.5, 0.6) is 0 Å². The van der Waals surface area contributed by atoms with Gasteiger partial charge in [0, 0.05) is 0 Å². The summed E-state index contributed by atoms with van der Waals surface area (Å²) in [7, 11) is 0. The van der Waals surface area contributed by atoms with E-state index in [1.807, 2.05) is 25.1 Å². The minimum absolute atomic E-state index is 0.0225. The Balaban J connectivity index is 2.57. The Bertz CT molecular complexity index is 285. The van der Waals surface area contributed by atoms with Crippen molar-refractivity contribution in [3.8, 4) is 0 Å². The number of aryl methyl sites for hydroxylation is 1. The molecular weight excluding hydrogens is 158 g/mol. The molecule has 0 fully saturated rings. The van der Waals surface area contributed by atoms with Gasteiger partial charge < -0.3 is 4.84 Å². The smallest absolute Gasteiger partial charge is 0.294 e. The van der Waals surface area contributed by atoms with Crippen molar-refractivity contribution in [2.24, 2.45) is 0 Å². The van der Waals surface area contributed by atoms with Crippen molar-refractivity contribution >= 4 is 0 Å². The van der Waals surface area contributed by atoms with Gasteiger partial charge in [0.2, 0.25) is 0 Å². The Morgan fingerprint density at radius 2 is 2.33 bits per heavy atom. The Hall–Kier alpha value is -1.58. The molecule has 0 aliphatic heterocycles. The van der Waals surface area contributed by atoms with E-state index in [4.69, 9.17) is 0 Å². The third-order valence-electron chi connectivity index (χ3n) is 1.42. The second kappa shape index (κ2) is 3.71. The Labute approximate surface area is 69.9 Å². The fourth-order valence-electron chi connectivity index (χ4n) is 0.929. The summed E-state index contributed by atoms with van der Waals surface area (Å²) >= 11 is 0. The van der Waals surface area contributed by atoms with Crippen LogP contribution in [0.4, 0.5) is 0 Å². The maximum Gasteiger partial charge on any atom is 0.294 e. The molecule has 0 spiro atoms. The third kappa shape index (κ3) is 2.57. The van der Waals surface area contributed by atoms with E-state index in [0.29, 0.717) is 0 Å². The van der Waals surface area contributed by atoms with Gasteiger partial charge in [-0.05, 0) is 12.5 Å². The molecule has 4 nitrogen and oxygen atoms in total. The molecule has 12 heavy (non-hydrogen) atoms. The van der Waals surface area contributed by atoms with Crippen LogP contribution in [0.1, 0.15) is 11.1 Å². The molecule has 0 aliphatic carbocycles. The zero-order valence-corrected chi connectivity index (χ0v) is 6.69. The lowest BCUT2D eigenvalue weighted by molar-refractivity contribution is -0.763. The van der Waals surface area contributed by atoms with E-state index in [9.17, 15) is 10.1 Å². The molecule has 0 N–H and O–H groups in total. The molecule has 0 aliphatic rings. The highest BCUT2D eigenvalue weighted by Gasteiger charge is 1.96. The van der Waals surface area contributed by atoms with Crippen LogP contribution in [0.3, 0.4) is 0 Å².